The molecule has 0 aromatic heterocycles. The van der Waals surface area contributed by atoms with Crippen molar-refractivity contribution < 1.29 is 0 Å². The number of benzene rings is 2. The predicted octanol–water partition coefficient (Wildman–Crippen LogP) is 7.18. The van der Waals surface area contributed by atoms with E-state index in [4.69, 9.17) is 11.6 Å². The van der Waals surface area contributed by atoms with Gasteiger partial charge in [0, 0.05) is 11.6 Å². The molecule has 4 rings (SSSR count). The van der Waals surface area contributed by atoms with Crippen LogP contribution in [0.4, 0.5) is 0 Å². The third kappa shape index (κ3) is 5.86. The van der Waals surface area contributed by atoms with Crippen LogP contribution < -0.4 is 5.32 Å². The van der Waals surface area contributed by atoms with E-state index in [0.29, 0.717) is 0 Å². The molecule has 0 amide bonds. The molecule has 0 saturated heterocycles. The molecule has 0 atom stereocenters. The van der Waals surface area contributed by atoms with Gasteiger partial charge < -0.3 is 5.32 Å². The van der Waals surface area contributed by atoms with Crippen molar-refractivity contribution in [2.75, 3.05) is 13.1 Å². The molecule has 1 nitrogen and oxygen atoms in total. The molecule has 0 radical (unpaired) electrons. The van der Waals surface area contributed by atoms with Crippen LogP contribution >= 0.6 is 11.6 Å². The Balaban J connectivity index is 1.49. The molecule has 30 heavy (non-hydrogen) atoms. The summed E-state index contributed by atoms with van der Waals surface area (Å²) >= 11 is 6.10. The first-order chi connectivity index (χ1) is 14.6. The third-order valence-corrected chi connectivity index (χ3v) is 6.79. The van der Waals surface area contributed by atoms with Crippen molar-refractivity contribution in [3.8, 4) is 0 Å². The first-order valence-electron chi connectivity index (χ1n) is 11.5. The van der Waals surface area contributed by atoms with Gasteiger partial charge in [-0.2, -0.15) is 0 Å². The van der Waals surface area contributed by atoms with E-state index in [9.17, 15) is 0 Å². The summed E-state index contributed by atoms with van der Waals surface area (Å²) in [5, 5.41) is 4.35. The molecule has 1 aliphatic carbocycles. The standard InChI is InChI=1S/C28H34ClN/c1-20(2)3-8-23-9-6-22(18-26(23)17-21-4-5-21)7-10-25-15-16-30-19-28(25)24-11-13-27(29)14-12-24/h6,9,11-14,18,21,30H,1,3-5,7-8,10,15-17,19H2,2H3. The number of nitrogens with one attached hydrogen (secondary N) is 1. The van der Waals surface area contributed by atoms with Crippen molar-refractivity contribution in [2.45, 2.75) is 58.3 Å². The van der Waals surface area contributed by atoms with E-state index in [2.05, 4.69) is 49.2 Å². The Kier molecular flexibility index (Phi) is 7.12. The Bertz CT molecular complexity index is 918. The summed E-state index contributed by atoms with van der Waals surface area (Å²) in [6.45, 7) is 8.27. The quantitative estimate of drug-likeness (QED) is 0.424. The van der Waals surface area contributed by atoms with Gasteiger partial charge >= 0.3 is 0 Å². The van der Waals surface area contributed by atoms with Crippen molar-refractivity contribution in [1.29, 1.82) is 0 Å². The SMILES string of the molecule is C=C(C)CCc1ccc(CCC2=C(c3ccc(Cl)cc3)CNCC2)cc1CC1CC1. The normalized spacial score (nSPS) is 16.7. The summed E-state index contributed by atoms with van der Waals surface area (Å²) < 4.78 is 0. The molecular weight excluding hydrogens is 386 g/mol. The highest BCUT2D eigenvalue weighted by Gasteiger charge is 2.23. The monoisotopic (exact) mass is 419 g/mol. The maximum Gasteiger partial charge on any atom is 0.0406 e. The van der Waals surface area contributed by atoms with Crippen LogP contribution in [0, 0.1) is 5.92 Å². The Morgan fingerprint density at radius 2 is 1.83 bits per heavy atom. The van der Waals surface area contributed by atoms with Crippen LogP contribution in [-0.2, 0) is 19.3 Å². The highest BCUT2D eigenvalue weighted by molar-refractivity contribution is 6.30. The number of halogens is 1. The minimum Gasteiger partial charge on any atom is -0.312 e. The molecule has 1 saturated carbocycles. The van der Waals surface area contributed by atoms with Crippen molar-refractivity contribution >= 4 is 17.2 Å². The second-order valence-electron chi connectivity index (χ2n) is 9.22. The fraction of sp³-hybridized carbons (Fsp3) is 0.429. The van der Waals surface area contributed by atoms with Crippen LogP contribution in [0.1, 0.15) is 61.3 Å². The second-order valence-corrected chi connectivity index (χ2v) is 9.66. The van der Waals surface area contributed by atoms with Crippen LogP contribution in [-0.4, -0.2) is 13.1 Å². The zero-order valence-corrected chi connectivity index (χ0v) is 19.0. The minimum atomic E-state index is 0.805. The Hall–Kier alpha value is -1.83. The van der Waals surface area contributed by atoms with E-state index >= 15 is 0 Å². The smallest absolute Gasteiger partial charge is 0.0406 e. The fourth-order valence-corrected chi connectivity index (χ4v) is 4.63. The molecule has 158 valence electrons. The zero-order valence-electron chi connectivity index (χ0n) is 18.3. The van der Waals surface area contributed by atoms with Gasteiger partial charge in [-0.15, -0.1) is 6.58 Å². The molecule has 2 heteroatoms. The fourth-order valence-electron chi connectivity index (χ4n) is 4.51. The number of allylic oxidation sites excluding steroid dienone is 1. The molecule has 0 bridgehead atoms. The molecule has 1 heterocycles. The lowest BCUT2D eigenvalue weighted by Gasteiger charge is -2.22. The van der Waals surface area contributed by atoms with Crippen LogP contribution in [0.2, 0.25) is 5.02 Å². The van der Waals surface area contributed by atoms with Gasteiger partial charge in [-0.1, -0.05) is 53.1 Å². The van der Waals surface area contributed by atoms with Crippen LogP contribution in [0.3, 0.4) is 0 Å². The first-order valence-corrected chi connectivity index (χ1v) is 11.9. The van der Waals surface area contributed by atoms with E-state index in [0.717, 1.165) is 56.1 Å². The second kappa shape index (κ2) is 9.98. The van der Waals surface area contributed by atoms with Crippen molar-refractivity contribution in [1.82, 2.24) is 5.32 Å². The lowest BCUT2D eigenvalue weighted by atomic mass is 9.89. The van der Waals surface area contributed by atoms with Gasteiger partial charge in [0.15, 0.2) is 0 Å². The highest BCUT2D eigenvalue weighted by Crippen LogP contribution is 2.34. The summed E-state index contributed by atoms with van der Waals surface area (Å²) in [4.78, 5) is 0. The minimum absolute atomic E-state index is 0.805. The zero-order chi connectivity index (χ0) is 20.9. The highest BCUT2D eigenvalue weighted by atomic mass is 35.5. The summed E-state index contributed by atoms with van der Waals surface area (Å²) in [7, 11) is 0. The molecule has 1 fully saturated rings. The molecule has 2 aromatic carbocycles. The summed E-state index contributed by atoms with van der Waals surface area (Å²) in [6.07, 6.45) is 9.74. The topological polar surface area (TPSA) is 12.0 Å². The van der Waals surface area contributed by atoms with Crippen LogP contribution in [0.25, 0.3) is 5.57 Å². The molecule has 2 aliphatic rings. The van der Waals surface area contributed by atoms with Crippen LogP contribution in [0.5, 0.6) is 0 Å². The Morgan fingerprint density at radius 3 is 2.57 bits per heavy atom. The Morgan fingerprint density at radius 1 is 1.03 bits per heavy atom. The van der Waals surface area contributed by atoms with Crippen molar-refractivity contribution in [2.24, 2.45) is 5.92 Å². The average molecular weight is 420 g/mol. The number of aryl methyl sites for hydroxylation is 2. The predicted molar refractivity (Wildman–Crippen MR) is 130 cm³/mol. The van der Waals surface area contributed by atoms with Crippen molar-refractivity contribution in [3.05, 3.63) is 87.5 Å². The summed E-state index contributed by atoms with van der Waals surface area (Å²) in [6, 6.07) is 15.6. The summed E-state index contributed by atoms with van der Waals surface area (Å²) in [5.74, 6) is 0.924. The van der Waals surface area contributed by atoms with Gasteiger partial charge in [0.2, 0.25) is 0 Å². The average Bonchev–Trinajstić information content (AvgIpc) is 3.56. The maximum absolute atomic E-state index is 6.10. The van der Waals surface area contributed by atoms with E-state index in [1.54, 1.807) is 11.1 Å². The molecular formula is C28H34ClN. The van der Waals surface area contributed by atoms with Crippen molar-refractivity contribution in [3.63, 3.8) is 0 Å². The molecule has 2 aromatic rings. The summed E-state index contributed by atoms with van der Waals surface area (Å²) in [5.41, 5.74) is 10.3. The van der Waals surface area contributed by atoms with E-state index in [1.807, 2.05) is 12.1 Å². The lowest BCUT2D eigenvalue weighted by Crippen LogP contribution is -2.24. The van der Waals surface area contributed by atoms with Gasteiger partial charge in [-0.3, -0.25) is 0 Å². The molecule has 1 N–H and O–H groups in total. The lowest BCUT2D eigenvalue weighted by molar-refractivity contribution is 0.689. The van der Waals surface area contributed by atoms with E-state index < -0.39 is 0 Å². The Labute approximate surface area is 187 Å². The number of rotatable bonds is 9. The van der Waals surface area contributed by atoms with Gasteiger partial charge in [-0.25, -0.2) is 0 Å². The van der Waals surface area contributed by atoms with Crippen LogP contribution in [0.15, 0.2) is 60.2 Å². The van der Waals surface area contributed by atoms with Gasteiger partial charge in [0.25, 0.3) is 0 Å². The first kappa shape index (κ1) is 21.4. The largest absolute Gasteiger partial charge is 0.312 e. The number of hydrogen-bond acceptors (Lipinski definition) is 1. The van der Waals surface area contributed by atoms with Gasteiger partial charge in [0.05, 0.1) is 0 Å². The van der Waals surface area contributed by atoms with Gasteiger partial charge in [0.1, 0.15) is 0 Å². The maximum atomic E-state index is 6.10. The molecule has 0 unspecified atom stereocenters. The third-order valence-electron chi connectivity index (χ3n) is 6.54. The molecule has 0 spiro atoms. The van der Waals surface area contributed by atoms with E-state index in [-0.39, 0.29) is 0 Å². The van der Waals surface area contributed by atoms with Gasteiger partial charge in [-0.05, 0) is 111 Å². The number of hydrogen-bond donors (Lipinski definition) is 1. The molecule has 1 aliphatic heterocycles. The van der Waals surface area contributed by atoms with E-state index in [1.165, 1.54) is 47.1 Å².